The minimum absolute atomic E-state index is 0.166. The third-order valence-corrected chi connectivity index (χ3v) is 9.57. The van der Waals surface area contributed by atoms with Crippen LogP contribution in [0.1, 0.15) is 30.5 Å². The molecule has 0 atom stereocenters. The average molecular weight is 524 g/mol. The van der Waals surface area contributed by atoms with Gasteiger partial charge < -0.3 is 4.57 Å². The highest BCUT2D eigenvalue weighted by molar-refractivity contribution is 6.26. The second-order valence-corrected chi connectivity index (χ2v) is 12.2. The molecule has 1 aliphatic carbocycles. The van der Waals surface area contributed by atoms with Crippen molar-refractivity contribution in [3.63, 3.8) is 0 Å². The van der Waals surface area contributed by atoms with Crippen molar-refractivity contribution in [2.75, 3.05) is 0 Å². The predicted octanol–water partition coefficient (Wildman–Crippen LogP) is 10.9. The van der Waals surface area contributed by atoms with Gasteiger partial charge in [-0.2, -0.15) is 0 Å². The Morgan fingerprint density at radius 3 is 1.78 bits per heavy atom. The SMILES string of the molecule is Cc1ccc2c(c1)c1ccc3c(c1n2-c1ccccc1)C(C)(C)c1cc2c4ccccc4c4ccccc4c2cc1-3. The molecule has 0 bridgehead atoms. The Morgan fingerprint density at radius 2 is 1.10 bits per heavy atom. The van der Waals surface area contributed by atoms with Crippen molar-refractivity contribution in [3.8, 4) is 16.8 Å². The maximum absolute atomic E-state index is 2.50. The lowest BCUT2D eigenvalue weighted by Gasteiger charge is -2.24. The summed E-state index contributed by atoms with van der Waals surface area (Å²) in [4.78, 5) is 0. The van der Waals surface area contributed by atoms with Gasteiger partial charge in [-0.3, -0.25) is 0 Å². The Labute approximate surface area is 239 Å². The molecule has 0 spiro atoms. The molecule has 0 N–H and O–H groups in total. The first-order chi connectivity index (χ1) is 20.0. The highest BCUT2D eigenvalue weighted by atomic mass is 15.0. The summed E-state index contributed by atoms with van der Waals surface area (Å²) in [5, 5.41) is 10.6. The molecule has 0 radical (unpaired) electrons. The molecule has 1 heteroatoms. The molecule has 194 valence electrons. The van der Waals surface area contributed by atoms with Crippen LogP contribution in [0, 0.1) is 6.92 Å². The van der Waals surface area contributed by atoms with Crippen LogP contribution in [0.3, 0.4) is 0 Å². The van der Waals surface area contributed by atoms with Gasteiger partial charge in [-0.1, -0.05) is 104 Å². The molecular weight excluding hydrogens is 494 g/mol. The monoisotopic (exact) mass is 523 g/mol. The largest absolute Gasteiger partial charge is 0.309 e. The van der Waals surface area contributed by atoms with Crippen molar-refractivity contribution in [2.45, 2.75) is 26.2 Å². The number of hydrogen-bond acceptors (Lipinski definition) is 0. The summed E-state index contributed by atoms with van der Waals surface area (Å²) in [6.45, 7) is 7.04. The molecular formula is C40H29N. The van der Waals surface area contributed by atoms with E-state index in [0.29, 0.717) is 0 Å². The van der Waals surface area contributed by atoms with Crippen LogP contribution in [-0.2, 0) is 5.41 Å². The summed E-state index contributed by atoms with van der Waals surface area (Å²) in [5.74, 6) is 0. The lowest BCUT2D eigenvalue weighted by atomic mass is 9.80. The molecule has 1 heterocycles. The Bertz CT molecular complexity index is 2390. The summed E-state index contributed by atoms with van der Waals surface area (Å²) >= 11 is 0. The van der Waals surface area contributed by atoms with E-state index in [0.717, 1.165) is 0 Å². The van der Waals surface area contributed by atoms with Crippen LogP contribution >= 0.6 is 0 Å². The number of fused-ring (bicyclic) bond motifs is 13. The van der Waals surface area contributed by atoms with Crippen LogP contribution in [0.2, 0.25) is 0 Å². The second-order valence-electron chi connectivity index (χ2n) is 12.2. The van der Waals surface area contributed by atoms with Crippen molar-refractivity contribution in [2.24, 2.45) is 0 Å². The van der Waals surface area contributed by atoms with Gasteiger partial charge in [0, 0.05) is 21.9 Å². The first-order valence-corrected chi connectivity index (χ1v) is 14.5. The van der Waals surface area contributed by atoms with Gasteiger partial charge in [0.1, 0.15) is 0 Å². The molecule has 9 rings (SSSR count). The first-order valence-electron chi connectivity index (χ1n) is 14.5. The standard InChI is InChI=1S/C40H29N/c1-24-17-20-37-35(21-24)31-19-18-30-34-22-32-28-15-9-7-13-26(28)27-14-8-10-16-29(27)33(32)23-36(34)40(2,3)38(30)39(31)41(37)25-11-5-4-6-12-25/h4-23H,1-3H3. The van der Waals surface area contributed by atoms with Crippen LogP contribution < -0.4 is 0 Å². The molecule has 0 unspecified atom stereocenters. The molecule has 7 aromatic carbocycles. The van der Waals surface area contributed by atoms with E-state index < -0.39 is 0 Å². The van der Waals surface area contributed by atoms with Crippen molar-refractivity contribution in [3.05, 3.63) is 138 Å². The minimum atomic E-state index is -0.166. The number of rotatable bonds is 1. The zero-order valence-corrected chi connectivity index (χ0v) is 23.5. The van der Waals surface area contributed by atoms with Gasteiger partial charge in [0.25, 0.3) is 0 Å². The molecule has 8 aromatic rings. The summed E-state index contributed by atoms with van der Waals surface area (Å²) in [5.41, 5.74) is 10.5. The molecule has 0 amide bonds. The quantitative estimate of drug-likeness (QED) is 0.189. The van der Waals surface area contributed by atoms with Gasteiger partial charge in [0.05, 0.1) is 11.0 Å². The zero-order valence-electron chi connectivity index (χ0n) is 23.5. The number of para-hydroxylation sites is 1. The van der Waals surface area contributed by atoms with Crippen LogP contribution in [-0.4, -0.2) is 4.57 Å². The minimum Gasteiger partial charge on any atom is -0.309 e. The molecule has 1 nitrogen and oxygen atoms in total. The van der Waals surface area contributed by atoms with Gasteiger partial charge >= 0.3 is 0 Å². The second kappa shape index (κ2) is 7.86. The van der Waals surface area contributed by atoms with Gasteiger partial charge in [-0.25, -0.2) is 0 Å². The molecule has 41 heavy (non-hydrogen) atoms. The molecule has 1 aliphatic rings. The van der Waals surface area contributed by atoms with E-state index in [1.165, 1.54) is 87.6 Å². The van der Waals surface area contributed by atoms with Crippen molar-refractivity contribution in [1.82, 2.24) is 4.57 Å². The van der Waals surface area contributed by atoms with E-state index in [2.05, 4.69) is 147 Å². The predicted molar refractivity (Wildman–Crippen MR) is 176 cm³/mol. The van der Waals surface area contributed by atoms with Gasteiger partial charge in [-0.15, -0.1) is 0 Å². The van der Waals surface area contributed by atoms with E-state index in [1.54, 1.807) is 0 Å². The van der Waals surface area contributed by atoms with Gasteiger partial charge in [-0.05, 0) is 97.9 Å². The molecule has 0 saturated carbocycles. The van der Waals surface area contributed by atoms with Crippen molar-refractivity contribution < 1.29 is 0 Å². The Hall–Kier alpha value is -4.88. The first kappa shape index (κ1) is 22.9. The molecule has 0 saturated heterocycles. The fourth-order valence-corrected chi connectivity index (χ4v) is 7.75. The molecule has 0 fully saturated rings. The number of aryl methyl sites for hydroxylation is 1. The molecule has 0 aliphatic heterocycles. The van der Waals surface area contributed by atoms with E-state index in [4.69, 9.17) is 0 Å². The van der Waals surface area contributed by atoms with E-state index >= 15 is 0 Å². The Kier molecular flexibility index (Phi) is 4.39. The fraction of sp³-hybridized carbons (Fsp3) is 0.100. The zero-order chi connectivity index (χ0) is 27.5. The van der Waals surface area contributed by atoms with Crippen LogP contribution in [0.4, 0.5) is 0 Å². The van der Waals surface area contributed by atoms with Gasteiger partial charge in [0.15, 0.2) is 0 Å². The lowest BCUT2D eigenvalue weighted by Crippen LogP contribution is -2.16. The number of benzene rings is 7. The topological polar surface area (TPSA) is 4.93 Å². The Morgan fingerprint density at radius 1 is 0.488 bits per heavy atom. The third-order valence-electron chi connectivity index (χ3n) is 9.57. The maximum Gasteiger partial charge on any atom is 0.0588 e. The average Bonchev–Trinajstić information content (AvgIpc) is 3.45. The smallest absolute Gasteiger partial charge is 0.0588 e. The van der Waals surface area contributed by atoms with E-state index in [9.17, 15) is 0 Å². The highest BCUT2D eigenvalue weighted by Gasteiger charge is 2.39. The normalized spacial score (nSPS) is 13.9. The van der Waals surface area contributed by atoms with Crippen molar-refractivity contribution in [1.29, 1.82) is 0 Å². The van der Waals surface area contributed by atoms with Crippen molar-refractivity contribution >= 4 is 54.1 Å². The van der Waals surface area contributed by atoms with Crippen LogP contribution in [0.25, 0.3) is 70.9 Å². The number of aromatic nitrogens is 1. The summed E-state index contributed by atoms with van der Waals surface area (Å²) in [6.07, 6.45) is 0. The fourth-order valence-electron chi connectivity index (χ4n) is 7.75. The molecule has 1 aromatic heterocycles. The summed E-state index contributed by atoms with van der Waals surface area (Å²) < 4.78 is 2.50. The number of nitrogens with zero attached hydrogens (tertiary/aromatic N) is 1. The third kappa shape index (κ3) is 2.91. The maximum atomic E-state index is 2.50. The number of hydrogen-bond donors (Lipinski definition) is 0. The van der Waals surface area contributed by atoms with Crippen LogP contribution in [0.15, 0.2) is 121 Å². The van der Waals surface area contributed by atoms with E-state index in [1.807, 2.05) is 0 Å². The van der Waals surface area contributed by atoms with Crippen LogP contribution in [0.5, 0.6) is 0 Å². The Balaban J connectivity index is 1.46. The lowest BCUT2D eigenvalue weighted by molar-refractivity contribution is 0.665. The van der Waals surface area contributed by atoms with E-state index in [-0.39, 0.29) is 5.41 Å². The van der Waals surface area contributed by atoms with Gasteiger partial charge in [0.2, 0.25) is 0 Å². The highest BCUT2D eigenvalue weighted by Crippen LogP contribution is 2.54. The summed E-state index contributed by atoms with van der Waals surface area (Å²) in [6, 6.07) is 45.3. The summed E-state index contributed by atoms with van der Waals surface area (Å²) in [7, 11) is 0.